The van der Waals surface area contributed by atoms with Gasteiger partial charge in [-0.05, 0) is 12.5 Å². The Morgan fingerprint density at radius 3 is 2.50 bits per heavy atom. The van der Waals surface area contributed by atoms with Crippen molar-refractivity contribution in [3.63, 3.8) is 0 Å². The van der Waals surface area contributed by atoms with Crippen molar-refractivity contribution in [2.45, 2.75) is 13.5 Å². The molecule has 0 spiro atoms. The van der Waals surface area contributed by atoms with Crippen molar-refractivity contribution >= 4 is 15.9 Å². The number of benzene rings is 1. The van der Waals surface area contributed by atoms with Gasteiger partial charge in [0.1, 0.15) is 0 Å². The molecule has 1 amide bonds. The van der Waals surface area contributed by atoms with Crippen LogP contribution in [0.5, 0.6) is 0 Å². The second-order valence-corrected chi connectivity index (χ2v) is 7.69. The maximum atomic E-state index is 12.0. The fourth-order valence-corrected chi connectivity index (χ4v) is 3.33. The molecule has 1 aromatic carbocycles. The Labute approximate surface area is 132 Å². The second-order valence-electron chi connectivity index (χ2n) is 5.70. The normalized spacial score (nSPS) is 17.4. The third-order valence-electron chi connectivity index (χ3n) is 3.74. The number of nitrogens with one attached hydrogen (secondary N) is 1. The highest BCUT2D eigenvalue weighted by Crippen LogP contribution is 2.06. The molecular weight excluding hydrogens is 302 g/mol. The summed E-state index contributed by atoms with van der Waals surface area (Å²) in [5.74, 6) is -0.0330. The van der Waals surface area contributed by atoms with Gasteiger partial charge in [-0.25, -0.2) is 8.42 Å². The van der Waals surface area contributed by atoms with E-state index in [0.717, 1.165) is 5.56 Å². The lowest BCUT2D eigenvalue weighted by atomic mass is 10.1. The molecule has 22 heavy (non-hydrogen) atoms. The quantitative estimate of drug-likeness (QED) is 0.839. The number of aryl methyl sites for hydroxylation is 1. The summed E-state index contributed by atoms with van der Waals surface area (Å²) in [4.78, 5) is 13.9. The van der Waals surface area contributed by atoms with Crippen molar-refractivity contribution < 1.29 is 13.2 Å². The number of hydrogen-bond donors (Lipinski definition) is 1. The third-order valence-corrected chi connectivity index (χ3v) is 5.04. The summed E-state index contributed by atoms with van der Waals surface area (Å²) >= 11 is 0. The summed E-state index contributed by atoms with van der Waals surface area (Å²) in [7, 11) is -3.12. The van der Waals surface area contributed by atoms with Crippen molar-refractivity contribution in [3.8, 4) is 0 Å². The second kappa shape index (κ2) is 7.21. The van der Waals surface area contributed by atoms with Crippen molar-refractivity contribution in [1.29, 1.82) is 0 Å². The maximum absolute atomic E-state index is 12.0. The fraction of sp³-hybridized carbons (Fsp3) is 0.533. The molecule has 1 aromatic rings. The van der Waals surface area contributed by atoms with Gasteiger partial charge in [0.15, 0.2) is 0 Å². The number of sulfonamides is 1. The van der Waals surface area contributed by atoms with E-state index in [9.17, 15) is 13.2 Å². The van der Waals surface area contributed by atoms with E-state index in [0.29, 0.717) is 39.3 Å². The average molecular weight is 325 g/mol. The third kappa shape index (κ3) is 5.08. The molecule has 7 heteroatoms. The number of carbonyl (C=O) groups is 1. The Kier molecular flexibility index (Phi) is 5.55. The lowest BCUT2D eigenvalue weighted by molar-refractivity contribution is -0.122. The minimum Gasteiger partial charge on any atom is -0.351 e. The van der Waals surface area contributed by atoms with Gasteiger partial charge in [0.2, 0.25) is 15.9 Å². The minimum atomic E-state index is -3.12. The van der Waals surface area contributed by atoms with E-state index in [1.807, 2.05) is 36.1 Å². The molecule has 1 heterocycles. The van der Waals surface area contributed by atoms with Crippen LogP contribution in [0.3, 0.4) is 0 Å². The molecule has 0 unspecified atom stereocenters. The van der Waals surface area contributed by atoms with Gasteiger partial charge in [-0.1, -0.05) is 29.8 Å². The molecule has 1 fully saturated rings. The molecule has 1 aliphatic rings. The molecule has 0 bridgehead atoms. The molecule has 6 nitrogen and oxygen atoms in total. The molecule has 1 saturated heterocycles. The lowest BCUT2D eigenvalue weighted by Crippen LogP contribution is -2.50. The van der Waals surface area contributed by atoms with Crippen molar-refractivity contribution in [2.24, 2.45) is 0 Å². The Hall–Kier alpha value is -1.44. The van der Waals surface area contributed by atoms with Crippen LogP contribution in [0.15, 0.2) is 24.3 Å². The van der Waals surface area contributed by atoms with Gasteiger partial charge in [-0.2, -0.15) is 4.31 Å². The Balaban J connectivity index is 1.74. The zero-order chi connectivity index (χ0) is 16.2. The molecule has 1 aliphatic heterocycles. The Morgan fingerprint density at radius 1 is 1.23 bits per heavy atom. The zero-order valence-electron chi connectivity index (χ0n) is 13.1. The van der Waals surface area contributed by atoms with Gasteiger partial charge in [0.25, 0.3) is 0 Å². The van der Waals surface area contributed by atoms with Gasteiger partial charge in [0.05, 0.1) is 12.8 Å². The molecule has 0 aliphatic carbocycles. The highest BCUT2D eigenvalue weighted by molar-refractivity contribution is 7.88. The lowest BCUT2D eigenvalue weighted by Gasteiger charge is -2.32. The first-order valence-corrected chi connectivity index (χ1v) is 9.19. The van der Waals surface area contributed by atoms with Gasteiger partial charge < -0.3 is 5.32 Å². The molecule has 2 rings (SSSR count). The van der Waals surface area contributed by atoms with Gasteiger partial charge in [-0.3, -0.25) is 9.69 Å². The topological polar surface area (TPSA) is 69.7 Å². The predicted octanol–water partition coefficient (Wildman–Crippen LogP) is 0.188. The van der Waals surface area contributed by atoms with Gasteiger partial charge in [-0.15, -0.1) is 0 Å². The summed E-state index contributed by atoms with van der Waals surface area (Å²) in [6.45, 7) is 4.92. The monoisotopic (exact) mass is 325 g/mol. The van der Waals surface area contributed by atoms with E-state index in [-0.39, 0.29) is 5.91 Å². The summed E-state index contributed by atoms with van der Waals surface area (Å²) < 4.78 is 24.3. The average Bonchev–Trinajstić information content (AvgIpc) is 2.45. The number of amides is 1. The first kappa shape index (κ1) is 16.9. The van der Waals surface area contributed by atoms with E-state index in [1.54, 1.807) is 0 Å². The van der Waals surface area contributed by atoms with Crippen LogP contribution in [-0.2, 0) is 21.4 Å². The van der Waals surface area contributed by atoms with Gasteiger partial charge in [0, 0.05) is 32.7 Å². The van der Waals surface area contributed by atoms with Crippen LogP contribution in [0.2, 0.25) is 0 Å². The smallest absolute Gasteiger partial charge is 0.234 e. The standard InChI is InChI=1S/C15H23N3O3S/c1-13-4-3-5-14(10-13)11-16-15(19)12-17-6-8-18(9-7-17)22(2,20)21/h3-5,10H,6-9,11-12H2,1-2H3,(H,16,19). The number of piperazine rings is 1. The SMILES string of the molecule is Cc1cccc(CNC(=O)CN2CCN(S(C)(=O)=O)CC2)c1. The summed E-state index contributed by atoms with van der Waals surface area (Å²) in [5.41, 5.74) is 2.25. The molecule has 0 saturated carbocycles. The van der Waals surface area contributed by atoms with Gasteiger partial charge >= 0.3 is 0 Å². The van der Waals surface area contributed by atoms with E-state index in [1.165, 1.54) is 16.1 Å². The van der Waals surface area contributed by atoms with Crippen LogP contribution in [-0.4, -0.2) is 62.5 Å². The molecule has 122 valence electrons. The molecular formula is C15H23N3O3S. The number of nitrogens with zero attached hydrogens (tertiary/aromatic N) is 2. The van der Waals surface area contributed by atoms with Crippen LogP contribution < -0.4 is 5.32 Å². The molecule has 0 aromatic heterocycles. The zero-order valence-corrected chi connectivity index (χ0v) is 13.9. The van der Waals surface area contributed by atoms with Crippen LogP contribution in [0.25, 0.3) is 0 Å². The highest BCUT2D eigenvalue weighted by atomic mass is 32.2. The number of carbonyl (C=O) groups excluding carboxylic acids is 1. The van der Waals surface area contributed by atoms with Crippen molar-refractivity contribution in [2.75, 3.05) is 39.0 Å². The highest BCUT2D eigenvalue weighted by Gasteiger charge is 2.24. The van der Waals surface area contributed by atoms with Crippen LogP contribution in [0.1, 0.15) is 11.1 Å². The number of hydrogen-bond acceptors (Lipinski definition) is 4. The van der Waals surface area contributed by atoms with Crippen LogP contribution >= 0.6 is 0 Å². The minimum absolute atomic E-state index is 0.0330. The van der Waals surface area contributed by atoms with Crippen molar-refractivity contribution in [3.05, 3.63) is 35.4 Å². The van der Waals surface area contributed by atoms with E-state index >= 15 is 0 Å². The molecule has 1 N–H and O–H groups in total. The van der Waals surface area contributed by atoms with E-state index in [2.05, 4.69) is 5.32 Å². The van der Waals surface area contributed by atoms with Crippen LogP contribution in [0, 0.1) is 6.92 Å². The van der Waals surface area contributed by atoms with Crippen LogP contribution in [0.4, 0.5) is 0 Å². The summed E-state index contributed by atoms with van der Waals surface area (Å²) in [6, 6.07) is 8.02. The largest absolute Gasteiger partial charge is 0.351 e. The first-order chi connectivity index (χ1) is 10.3. The maximum Gasteiger partial charge on any atom is 0.234 e. The van der Waals surface area contributed by atoms with E-state index < -0.39 is 10.0 Å². The first-order valence-electron chi connectivity index (χ1n) is 7.34. The number of rotatable bonds is 5. The Morgan fingerprint density at radius 2 is 1.91 bits per heavy atom. The fourth-order valence-electron chi connectivity index (χ4n) is 2.50. The Bertz CT molecular complexity index is 623. The summed E-state index contributed by atoms with van der Waals surface area (Å²) in [6.07, 6.45) is 1.22. The summed E-state index contributed by atoms with van der Waals surface area (Å²) in [5, 5.41) is 2.90. The predicted molar refractivity (Wildman–Crippen MR) is 85.9 cm³/mol. The van der Waals surface area contributed by atoms with Crippen molar-refractivity contribution in [1.82, 2.24) is 14.5 Å². The molecule has 0 radical (unpaired) electrons. The van der Waals surface area contributed by atoms with E-state index in [4.69, 9.17) is 0 Å². The molecule has 0 atom stereocenters.